The third-order valence-electron chi connectivity index (χ3n) is 4.12. The first-order valence-corrected chi connectivity index (χ1v) is 9.31. The van der Waals surface area contributed by atoms with Crippen molar-refractivity contribution >= 4 is 28.4 Å². The van der Waals surface area contributed by atoms with Gasteiger partial charge in [-0.1, -0.05) is 19.8 Å². The molecule has 3 rings (SSSR count). The molecule has 2 aromatic rings. The van der Waals surface area contributed by atoms with Crippen LogP contribution in [0.4, 0.5) is 5.69 Å². The van der Waals surface area contributed by atoms with Crippen LogP contribution in [0, 0.1) is 11.3 Å². The fourth-order valence-electron chi connectivity index (χ4n) is 3.04. The largest absolute Gasteiger partial charge is 0.397 e. The van der Waals surface area contributed by atoms with Crippen molar-refractivity contribution in [3.63, 3.8) is 0 Å². The summed E-state index contributed by atoms with van der Waals surface area (Å²) in [5, 5.41) is 9.25. The smallest absolute Gasteiger partial charge is 0.128 e. The molecule has 0 saturated heterocycles. The number of nitrogens with zero attached hydrogens (tertiary/aromatic N) is 1. The Labute approximate surface area is 134 Å². The Hall–Kier alpha value is -1.31. The highest BCUT2D eigenvalue weighted by atomic mass is 32.1. The van der Waals surface area contributed by atoms with E-state index in [0.717, 1.165) is 12.8 Å². The summed E-state index contributed by atoms with van der Waals surface area (Å²) in [6.07, 6.45) is 8.41. The van der Waals surface area contributed by atoms with Gasteiger partial charge in [0.05, 0.1) is 10.6 Å². The number of nitrogens with two attached hydrogens (primary N) is 1. The highest BCUT2D eigenvalue weighted by Crippen LogP contribution is 2.44. The van der Waals surface area contributed by atoms with Crippen molar-refractivity contribution < 1.29 is 0 Å². The van der Waals surface area contributed by atoms with Crippen molar-refractivity contribution in [2.45, 2.75) is 51.9 Å². The zero-order valence-corrected chi connectivity index (χ0v) is 14.0. The van der Waals surface area contributed by atoms with Crippen LogP contribution < -0.4 is 5.73 Å². The predicted molar refractivity (Wildman–Crippen MR) is 92.0 cm³/mol. The molecule has 0 radical (unpaired) electrons. The maximum absolute atomic E-state index is 9.25. The number of thiophene rings is 2. The SMILES string of the molecule is CCCc1c(-c2cc3c(s2)CCCCC3)sc(C#N)c1N. The van der Waals surface area contributed by atoms with Crippen molar-refractivity contribution in [3.8, 4) is 15.8 Å². The summed E-state index contributed by atoms with van der Waals surface area (Å²) in [6, 6.07) is 4.61. The first-order chi connectivity index (χ1) is 10.2. The maximum atomic E-state index is 9.25. The lowest BCUT2D eigenvalue weighted by molar-refractivity contribution is 0.713. The molecule has 2 heterocycles. The van der Waals surface area contributed by atoms with E-state index in [2.05, 4.69) is 19.1 Å². The van der Waals surface area contributed by atoms with Crippen molar-refractivity contribution in [3.05, 3.63) is 26.9 Å². The van der Waals surface area contributed by atoms with E-state index in [-0.39, 0.29) is 0 Å². The number of nitrogen functional groups attached to an aromatic ring is 1. The first-order valence-electron chi connectivity index (χ1n) is 7.67. The Morgan fingerprint density at radius 3 is 2.81 bits per heavy atom. The third-order valence-corrected chi connectivity index (χ3v) is 6.69. The molecule has 0 spiro atoms. The summed E-state index contributed by atoms with van der Waals surface area (Å²) in [7, 11) is 0. The van der Waals surface area contributed by atoms with Crippen LogP contribution in [0.15, 0.2) is 6.07 Å². The minimum absolute atomic E-state index is 0.678. The van der Waals surface area contributed by atoms with Crippen molar-refractivity contribution in [2.75, 3.05) is 5.73 Å². The van der Waals surface area contributed by atoms with Gasteiger partial charge >= 0.3 is 0 Å². The average Bonchev–Trinajstić information content (AvgIpc) is 2.94. The molecular weight excluding hydrogens is 296 g/mol. The number of fused-ring (bicyclic) bond motifs is 1. The van der Waals surface area contributed by atoms with Gasteiger partial charge in [-0.25, -0.2) is 0 Å². The Kier molecular flexibility index (Phi) is 4.32. The van der Waals surface area contributed by atoms with Gasteiger partial charge in [-0.3, -0.25) is 0 Å². The number of rotatable bonds is 3. The predicted octanol–water partition coefficient (Wildman–Crippen LogP) is 5.15. The minimum atomic E-state index is 0.678. The highest BCUT2D eigenvalue weighted by molar-refractivity contribution is 7.23. The number of anilines is 1. The standard InChI is InChI=1S/C17H20N2S2/c1-2-6-12-16(19)15(10-18)21-17(12)14-9-11-7-4-3-5-8-13(11)20-14/h9H,2-8,19H2,1H3. The van der Waals surface area contributed by atoms with Gasteiger partial charge in [-0.2, -0.15) is 5.26 Å². The monoisotopic (exact) mass is 316 g/mol. The van der Waals surface area contributed by atoms with E-state index in [9.17, 15) is 5.26 Å². The second kappa shape index (κ2) is 6.21. The van der Waals surface area contributed by atoms with Gasteiger partial charge in [-0.15, -0.1) is 22.7 Å². The lowest BCUT2D eigenvalue weighted by atomic mass is 10.1. The van der Waals surface area contributed by atoms with Crippen LogP contribution in [0.3, 0.4) is 0 Å². The number of hydrogen-bond donors (Lipinski definition) is 1. The third kappa shape index (κ3) is 2.73. The molecule has 1 aliphatic rings. The molecule has 4 heteroatoms. The van der Waals surface area contributed by atoms with Crippen LogP contribution in [0.1, 0.15) is 53.5 Å². The van der Waals surface area contributed by atoms with E-state index < -0.39 is 0 Å². The molecule has 21 heavy (non-hydrogen) atoms. The molecule has 0 aliphatic heterocycles. The van der Waals surface area contributed by atoms with E-state index >= 15 is 0 Å². The lowest BCUT2D eigenvalue weighted by Gasteiger charge is -2.01. The van der Waals surface area contributed by atoms with Crippen LogP contribution in [0.5, 0.6) is 0 Å². The van der Waals surface area contributed by atoms with E-state index in [1.54, 1.807) is 16.2 Å². The molecule has 0 amide bonds. The van der Waals surface area contributed by atoms with Gasteiger partial charge in [0.2, 0.25) is 0 Å². The van der Waals surface area contributed by atoms with E-state index in [1.807, 2.05) is 11.3 Å². The highest BCUT2D eigenvalue weighted by Gasteiger charge is 2.20. The van der Waals surface area contributed by atoms with Gasteiger partial charge in [0.1, 0.15) is 10.9 Å². The van der Waals surface area contributed by atoms with E-state index in [4.69, 9.17) is 5.73 Å². The number of hydrogen-bond acceptors (Lipinski definition) is 4. The molecule has 0 saturated carbocycles. The topological polar surface area (TPSA) is 49.8 Å². The van der Waals surface area contributed by atoms with Gasteiger partial charge < -0.3 is 5.73 Å². The maximum Gasteiger partial charge on any atom is 0.128 e. The number of aryl methyl sites for hydroxylation is 2. The van der Waals surface area contributed by atoms with Crippen LogP contribution in [-0.4, -0.2) is 0 Å². The first kappa shape index (κ1) is 14.6. The Morgan fingerprint density at radius 2 is 2.05 bits per heavy atom. The fraction of sp³-hybridized carbons (Fsp3) is 0.471. The molecule has 2 nitrogen and oxygen atoms in total. The fourth-order valence-corrected chi connectivity index (χ4v) is 5.49. The minimum Gasteiger partial charge on any atom is -0.397 e. The van der Waals surface area contributed by atoms with Crippen molar-refractivity contribution in [1.82, 2.24) is 0 Å². The van der Waals surface area contributed by atoms with Crippen LogP contribution in [-0.2, 0) is 19.3 Å². The molecule has 2 N–H and O–H groups in total. The van der Waals surface area contributed by atoms with Gasteiger partial charge in [0, 0.05) is 9.75 Å². The summed E-state index contributed by atoms with van der Waals surface area (Å²) in [5.74, 6) is 0. The second-order valence-electron chi connectivity index (χ2n) is 5.63. The summed E-state index contributed by atoms with van der Waals surface area (Å²) < 4.78 is 0. The summed E-state index contributed by atoms with van der Waals surface area (Å²) in [4.78, 5) is 4.79. The molecule has 0 unspecified atom stereocenters. The summed E-state index contributed by atoms with van der Waals surface area (Å²) >= 11 is 3.49. The van der Waals surface area contributed by atoms with E-state index in [1.165, 1.54) is 53.0 Å². The average molecular weight is 316 g/mol. The van der Waals surface area contributed by atoms with Crippen molar-refractivity contribution in [2.24, 2.45) is 0 Å². The molecular formula is C17H20N2S2. The molecule has 1 aliphatic carbocycles. The van der Waals surface area contributed by atoms with Crippen molar-refractivity contribution in [1.29, 1.82) is 5.26 Å². The van der Waals surface area contributed by atoms with Gasteiger partial charge in [0.25, 0.3) is 0 Å². The quantitative estimate of drug-likeness (QED) is 0.796. The van der Waals surface area contributed by atoms with Gasteiger partial charge in [0.15, 0.2) is 0 Å². The molecule has 0 aromatic carbocycles. The van der Waals surface area contributed by atoms with Crippen LogP contribution >= 0.6 is 22.7 Å². The normalized spacial score (nSPS) is 14.5. The molecule has 110 valence electrons. The molecule has 0 fully saturated rings. The molecule has 2 aromatic heterocycles. The van der Waals surface area contributed by atoms with Crippen LogP contribution in [0.2, 0.25) is 0 Å². The molecule has 0 bridgehead atoms. The summed E-state index contributed by atoms with van der Waals surface area (Å²) in [6.45, 7) is 2.16. The lowest BCUT2D eigenvalue weighted by Crippen LogP contribution is -1.92. The van der Waals surface area contributed by atoms with Gasteiger partial charge in [-0.05, 0) is 49.3 Å². The zero-order valence-electron chi connectivity index (χ0n) is 12.4. The van der Waals surface area contributed by atoms with Crippen LogP contribution in [0.25, 0.3) is 9.75 Å². The second-order valence-corrected chi connectivity index (χ2v) is 7.79. The molecule has 0 atom stereocenters. The van der Waals surface area contributed by atoms with E-state index in [0.29, 0.717) is 10.6 Å². The number of nitriles is 1. The summed E-state index contributed by atoms with van der Waals surface area (Å²) in [5.41, 5.74) is 9.61. The zero-order chi connectivity index (χ0) is 14.8. The Bertz CT molecular complexity index is 665. The Balaban J connectivity index is 2.06. The Morgan fingerprint density at radius 1 is 1.24 bits per heavy atom.